The number of benzene rings is 1. The fraction of sp³-hybridized carbons (Fsp3) is 0.360. The molecule has 34 heavy (non-hydrogen) atoms. The van der Waals surface area contributed by atoms with E-state index in [9.17, 15) is 9.90 Å². The van der Waals surface area contributed by atoms with Gasteiger partial charge in [-0.15, -0.1) is 0 Å². The number of amides is 1. The molecular formula is C25H28ClN5O3. The van der Waals surface area contributed by atoms with Crippen LogP contribution in [0.1, 0.15) is 25.0 Å². The summed E-state index contributed by atoms with van der Waals surface area (Å²) in [6.07, 6.45) is 6.66. The lowest BCUT2D eigenvalue weighted by Crippen LogP contribution is -2.44. The third-order valence-electron chi connectivity index (χ3n) is 6.58. The quantitative estimate of drug-likeness (QED) is 0.405. The number of aromatic nitrogens is 2. The molecule has 178 valence electrons. The number of hydrogen-bond acceptors (Lipinski definition) is 6. The maximum atomic E-state index is 12.8. The van der Waals surface area contributed by atoms with Crippen molar-refractivity contribution in [3.05, 3.63) is 47.3 Å². The van der Waals surface area contributed by atoms with E-state index in [1.165, 1.54) is 18.7 Å². The van der Waals surface area contributed by atoms with Crippen LogP contribution in [-0.4, -0.2) is 59.2 Å². The Bertz CT molecular complexity index is 1250. The Morgan fingerprint density at radius 1 is 1.32 bits per heavy atom. The van der Waals surface area contributed by atoms with Crippen LogP contribution in [0.3, 0.4) is 0 Å². The molecule has 8 nitrogen and oxygen atoms in total. The molecule has 0 aliphatic carbocycles. The average molecular weight is 482 g/mol. The van der Waals surface area contributed by atoms with Gasteiger partial charge in [-0.25, -0.2) is 4.98 Å². The molecule has 0 spiro atoms. The second-order valence-corrected chi connectivity index (χ2v) is 9.15. The molecule has 2 aromatic heterocycles. The van der Waals surface area contributed by atoms with E-state index in [1.54, 1.807) is 12.3 Å². The summed E-state index contributed by atoms with van der Waals surface area (Å²) in [5.74, 6) is 0.847. The first-order chi connectivity index (χ1) is 16.5. The molecule has 1 fully saturated rings. The first-order valence-corrected chi connectivity index (χ1v) is 11.9. The number of halogens is 1. The number of carbonyl (C=O) groups is 1. The number of hydrogen-bond donors (Lipinski definition) is 4. The number of ether oxygens (including phenoxy) is 1. The van der Waals surface area contributed by atoms with Crippen LogP contribution in [0.5, 0.6) is 11.5 Å². The van der Waals surface area contributed by atoms with Gasteiger partial charge in [0.05, 0.1) is 29.4 Å². The number of aromatic hydroxyl groups is 1. The Balaban J connectivity index is 1.36. The Morgan fingerprint density at radius 2 is 2.21 bits per heavy atom. The van der Waals surface area contributed by atoms with Crippen molar-refractivity contribution < 1.29 is 14.6 Å². The van der Waals surface area contributed by atoms with Gasteiger partial charge in [-0.3, -0.25) is 4.79 Å². The molecule has 2 aliphatic heterocycles. The van der Waals surface area contributed by atoms with E-state index < -0.39 is 0 Å². The summed E-state index contributed by atoms with van der Waals surface area (Å²) in [6, 6.07) is 7.03. The average Bonchev–Trinajstić information content (AvgIpc) is 3.31. The van der Waals surface area contributed by atoms with E-state index in [0.717, 1.165) is 54.8 Å². The summed E-state index contributed by atoms with van der Waals surface area (Å²) < 4.78 is 5.27. The highest BCUT2D eigenvalue weighted by atomic mass is 35.5. The lowest BCUT2D eigenvalue weighted by Gasteiger charge is -2.31. The number of nitrogens with one attached hydrogen (secondary N) is 3. The fourth-order valence-corrected chi connectivity index (χ4v) is 4.92. The smallest absolute Gasteiger partial charge is 0.227 e. The maximum absolute atomic E-state index is 12.8. The van der Waals surface area contributed by atoms with Gasteiger partial charge in [0.25, 0.3) is 0 Å². The van der Waals surface area contributed by atoms with Crippen LogP contribution >= 0.6 is 11.6 Å². The van der Waals surface area contributed by atoms with Crippen molar-refractivity contribution in [2.45, 2.75) is 19.3 Å². The molecule has 0 saturated carbocycles. The molecule has 3 aromatic rings. The number of piperidine rings is 1. The Kier molecular flexibility index (Phi) is 6.34. The van der Waals surface area contributed by atoms with Crippen LogP contribution in [0.2, 0.25) is 5.02 Å². The predicted molar refractivity (Wildman–Crippen MR) is 134 cm³/mol. The van der Waals surface area contributed by atoms with E-state index in [2.05, 4.69) is 32.7 Å². The van der Waals surface area contributed by atoms with Gasteiger partial charge in [0, 0.05) is 49.0 Å². The number of phenols is 1. The second-order valence-electron chi connectivity index (χ2n) is 8.74. The largest absolute Gasteiger partial charge is 0.506 e. The molecule has 2 aliphatic rings. The van der Waals surface area contributed by atoms with Crippen LogP contribution in [0.15, 0.2) is 36.5 Å². The predicted octanol–water partition coefficient (Wildman–Crippen LogP) is 4.29. The van der Waals surface area contributed by atoms with Gasteiger partial charge in [-0.1, -0.05) is 17.7 Å². The zero-order valence-electron chi connectivity index (χ0n) is 19.0. The minimum Gasteiger partial charge on any atom is -0.506 e. The minimum atomic E-state index is 0.0273. The molecule has 9 heteroatoms. The van der Waals surface area contributed by atoms with Gasteiger partial charge in [0.2, 0.25) is 5.91 Å². The molecule has 0 bridgehead atoms. The monoisotopic (exact) mass is 481 g/mol. The normalized spacial score (nSPS) is 18.6. The number of carbonyl (C=O) groups excluding carboxylic acids is 1. The number of pyridine rings is 1. The summed E-state index contributed by atoms with van der Waals surface area (Å²) >= 11 is 6.10. The van der Waals surface area contributed by atoms with Gasteiger partial charge >= 0.3 is 0 Å². The molecule has 1 amide bonds. The number of anilines is 2. The zero-order valence-corrected chi connectivity index (χ0v) is 19.8. The highest BCUT2D eigenvalue weighted by molar-refractivity contribution is 6.32. The molecule has 1 atom stereocenters. The first-order valence-electron chi connectivity index (χ1n) is 11.5. The first kappa shape index (κ1) is 22.6. The van der Waals surface area contributed by atoms with Gasteiger partial charge < -0.3 is 30.4 Å². The molecule has 0 unspecified atom stereocenters. The van der Waals surface area contributed by atoms with Crippen molar-refractivity contribution in [2.24, 2.45) is 5.92 Å². The van der Waals surface area contributed by atoms with Crippen molar-refractivity contribution in [1.29, 1.82) is 0 Å². The zero-order chi connectivity index (χ0) is 23.7. The van der Waals surface area contributed by atoms with Gasteiger partial charge in [-0.2, -0.15) is 0 Å². The van der Waals surface area contributed by atoms with E-state index in [1.807, 2.05) is 11.0 Å². The van der Waals surface area contributed by atoms with Crippen LogP contribution < -0.4 is 15.4 Å². The number of fused-ring (bicyclic) bond motifs is 1. The minimum absolute atomic E-state index is 0.0273. The lowest BCUT2D eigenvalue weighted by atomic mass is 9.96. The van der Waals surface area contributed by atoms with Crippen molar-refractivity contribution in [3.8, 4) is 11.5 Å². The van der Waals surface area contributed by atoms with E-state index in [0.29, 0.717) is 29.5 Å². The number of phenolic OH excluding ortho intramolecular Hbond substituents is 1. The standard InChI is InChI=1S/C25H28ClN5O3/c1-34-23-13-21(22(32)12-18(23)26)29-19-4-8-28-24-17(19)11-20(30-24)15-5-9-31(10-6-15)25(33)16-3-2-7-27-14-16/h4-5,8,11-13,16,27,32H,2-3,6-7,9-10,14H2,1H3,(H2,28,29,30)/t16-/m0/s1. The van der Waals surface area contributed by atoms with Crippen molar-refractivity contribution >= 4 is 45.5 Å². The Morgan fingerprint density at radius 3 is 2.94 bits per heavy atom. The summed E-state index contributed by atoms with van der Waals surface area (Å²) in [4.78, 5) is 22.7. The van der Waals surface area contributed by atoms with Gasteiger partial charge in [-0.05, 0) is 43.5 Å². The molecule has 4 heterocycles. The van der Waals surface area contributed by atoms with E-state index >= 15 is 0 Å². The Hall–Kier alpha value is -3.23. The summed E-state index contributed by atoms with van der Waals surface area (Å²) in [7, 11) is 1.53. The van der Waals surface area contributed by atoms with Crippen molar-refractivity contribution in [2.75, 3.05) is 38.6 Å². The SMILES string of the molecule is COc1cc(Nc2ccnc3[nH]c(C4=CCN(C(=O)[C@H]5CCCNC5)CC4)cc23)c(O)cc1Cl. The van der Waals surface area contributed by atoms with E-state index in [-0.39, 0.29) is 17.6 Å². The molecule has 0 radical (unpaired) electrons. The van der Waals surface area contributed by atoms with Crippen LogP contribution in [0.4, 0.5) is 11.4 Å². The van der Waals surface area contributed by atoms with Crippen LogP contribution in [-0.2, 0) is 4.79 Å². The third kappa shape index (κ3) is 4.43. The molecule has 5 rings (SSSR count). The number of H-pyrrole nitrogens is 1. The summed E-state index contributed by atoms with van der Waals surface area (Å²) in [5, 5.41) is 18.2. The van der Waals surface area contributed by atoms with Crippen molar-refractivity contribution in [1.82, 2.24) is 20.2 Å². The highest BCUT2D eigenvalue weighted by Gasteiger charge is 2.27. The Labute approximate surface area is 203 Å². The summed E-state index contributed by atoms with van der Waals surface area (Å²) in [5.41, 5.74) is 4.19. The highest BCUT2D eigenvalue weighted by Crippen LogP contribution is 2.38. The number of nitrogens with zero attached hydrogens (tertiary/aromatic N) is 2. The third-order valence-corrected chi connectivity index (χ3v) is 6.88. The van der Waals surface area contributed by atoms with E-state index in [4.69, 9.17) is 16.3 Å². The number of rotatable bonds is 5. The molecule has 1 aromatic carbocycles. The second kappa shape index (κ2) is 9.56. The number of aromatic amines is 1. The fourth-order valence-electron chi connectivity index (χ4n) is 4.69. The topological polar surface area (TPSA) is 103 Å². The molecular weight excluding hydrogens is 454 g/mol. The van der Waals surface area contributed by atoms with Crippen LogP contribution in [0.25, 0.3) is 16.6 Å². The maximum Gasteiger partial charge on any atom is 0.227 e. The lowest BCUT2D eigenvalue weighted by molar-refractivity contribution is -0.135. The van der Waals surface area contributed by atoms with Crippen LogP contribution in [0, 0.1) is 5.92 Å². The molecule has 4 N–H and O–H groups in total. The van der Waals surface area contributed by atoms with Crippen molar-refractivity contribution in [3.63, 3.8) is 0 Å². The van der Waals surface area contributed by atoms with Gasteiger partial charge in [0.15, 0.2) is 0 Å². The molecule has 1 saturated heterocycles. The number of methoxy groups -OCH3 is 1. The van der Waals surface area contributed by atoms with Gasteiger partial charge in [0.1, 0.15) is 17.1 Å². The summed E-state index contributed by atoms with van der Waals surface area (Å²) in [6.45, 7) is 3.12.